The van der Waals surface area contributed by atoms with Crippen LogP contribution in [0.15, 0.2) is 36.4 Å². The lowest BCUT2D eigenvalue weighted by molar-refractivity contribution is 0.234. The summed E-state index contributed by atoms with van der Waals surface area (Å²) in [6, 6.07) is 12.9. The molecule has 2 aromatic rings. The van der Waals surface area contributed by atoms with E-state index in [1.807, 2.05) is 0 Å². The molecule has 0 aliphatic carbocycles. The van der Waals surface area contributed by atoms with Crippen LogP contribution in [0.4, 0.5) is 0 Å². The van der Waals surface area contributed by atoms with Crippen LogP contribution in [-0.2, 0) is 0 Å². The van der Waals surface area contributed by atoms with E-state index in [9.17, 15) is 0 Å². The summed E-state index contributed by atoms with van der Waals surface area (Å²) in [6.07, 6.45) is 0. The quantitative estimate of drug-likeness (QED) is 0.492. The minimum Gasteiger partial charge on any atom is -0.496 e. The van der Waals surface area contributed by atoms with Crippen molar-refractivity contribution in [3.05, 3.63) is 42.0 Å². The molecule has 0 saturated heterocycles. The van der Waals surface area contributed by atoms with E-state index in [0.717, 1.165) is 11.5 Å². The first-order valence-corrected chi connectivity index (χ1v) is 12.6. The smallest absolute Gasteiger partial charge is 0.214 e. The van der Waals surface area contributed by atoms with Gasteiger partial charge < -0.3 is 9.47 Å². The minimum atomic E-state index is -1.80. The molecule has 0 radical (unpaired) electrons. The molecule has 1 aliphatic heterocycles. The zero-order valence-corrected chi connectivity index (χ0v) is 20.8. The van der Waals surface area contributed by atoms with Crippen LogP contribution in [-0.4, -0.2) is 23.3 Å². The normalized spacial score (nSPS) is 18.5. The van der Waals surface area contributed by atoms with Crippen LogP contribution in [0, 0.1) is 12.8 Å². The van der Waals surface area contributed by atoms with Gasteiger partial charge in [0.15, 0.2) is 5.75 Å². The van der Waals surface area contributed by atoms with Gasteiger partial charge in [-0.05, 0) is 72.2 Å². The lowest BCUT2D eigenvalue weighted by Crippen LogP contribution is -2.46. The monoisotopic (exact) mass is 413 g/mol. The summed E-state index contributed by atoms with van der Waals surface area (Å²) in [5, 5.41) is 1.67. The molecule has 0 saturated carbocycles. The maximum absolute atomic E-state index is 6.82. The highest BCUT2D eigenvalue weighted by molar-refractivity contribution is 7.86. The summed E-state index contributed by atoms with van der Waals surface area (Å²) in [4.78, 5) is 0. The van der Waals surface area contributed by atoms with Gasteiger partial charge in [-0.2, -0.15) is 0 Å². The summed E-state index contributed by atoms with van der Waals surface area (Å²) in [7, 11) is -0.0332. The molecule has 2 aromatic carbocycles. The highest BCUT2D eigenvalue weighted by Crippen LogP contribution is 2.83. The van der Waals surface area contributed by atoms with Gasteiger partial charge in [-0.25, -0.2) is 0 Å². The molecule has 29 heavy (non-hydrogen) atoms. The number of methoxy groups -OCH3 is 1. The second-order valence-electron chi connectivity index (χ2n) is 10.6. The van der Waals surface area contributed by atoms with E-state index in [0.29, 0.717) is 5.92 Å². The second-order valence-corrected chi connectivity index (χ2v) is 15.7. The van der Waals surface area contributed by atoms with Crippen LogP contribution in [0.25, 0.3) is 11.1 Å². The molecule has 158 valence electrons. The van der Waals surface area contributed by atoms with Crippen molar-refractivity contribution in [2.45, 2.75) is 78.5 Å². The van der Waals surface area contributed by atoms with Gasteiger partial charge in [-0.15, -0.1) is 0 Å². The van der Waals surface area contributed by atoms with Crippen LogP contribution in [0.3, 0.4) is 0 Å². The van der Waals surface area contributed by atoms with Crippen molar-refractivity contribution in [3.8, 4) is 22.6 Å². The molecule has 0 fully saturated rings. The Bertz CT molecular complexity index is 886. The molecular weight excluding hydrogens is 375 g/mol. The molecule has 2 nitrogen and oxygen atoms in total. The SMILES string of the molecule is COc1cccc(C)c1-c1cccc2c1[P+](C(C)(C)C)(C(C)(C)C)C(C(C)C)O2. The van der Waals surface area contributed by atoms with Crippen molar-refractivity contribution in [1.82, 2.24) is 0 Å². The Morgan fingerprint density at radius 3 is 2.03 bits per heavy atom. The number of fused-ring (bicyclic) bond motifs is 1. The Morgan fingerprint density at radius 1 is 0.931 bits per heavy atom. The first-order valence-electron chi connectivity index (χ1n) is 10.7. The molecule has 1 unspecified atom stereocenters. The molecule has 1 aliphatic rings. The number of rotatable bonds is 3. The Labute approximate surface area is 178 Å². The van der Waals surface area contributed by atoms with Gasteiger partial charge in [0, 0.05) is 17.0 Å². The first-order chi connectivity index (χ1) is 13.4. The van der Waals surface area contributed by atoms with Crippen molar-refractivity contribution >= 4 is 12.6 Å². The summed E-state index contributed by atoms with van der Waals surface area (Å²) in [5.41, 5.74) is 3.74. The predicted octanol–water partition coefficient (Wildman–Crippen LogP) is 7.29. The fourth-order valence-electron chi connectivity index (χ4n) is 5.70. The van der Waals surface area contributed by atoms with Crippen LogP contribution in [0.2, 0.25) is 0 Å². The molecule has 0 N–H and O–H groups in total. The van der Waals surface area contributed by atoms with E-state index in [1.165, 1.54) is 22.0 Å². The average Bonchev–Trinajstić information content (AvgIpc) is 2.98. The van der Waals surface area contributed by atoms with Crippen molar-refractivity contribution in [1.29, 1.82) is 0 Å². The van der Waals surface area contributed by atoms with E-state index in [-0.39, 0.29) is 16.2 Å². The Hall–Kier alpha value is -1.53. The molecule has 1 atom stereocenters. The molecule has 1 heterocycles. The Balaban J connectivity index is 2.49. The van der Waals surface area contributed by atoms with Crippen LogP contribution in [0.1, 0.15) is 61.0 Å². The lowest BCUT2D eigenvalue weighted by atomic mass is 9.99. The fourth-order valence-corrected chi connectivity index (χ4v) is 13.0. The summed E-state index contributed by atoms with van der Waals surface area (Å²) >= 11 is 0. The van der Waals surface area contributed by atoms with Gasteiger partial charge in [0.1, 0.15) is 18.3 Å². The van der Waals surface area contributed by atoms with E-state index in [4.69, 9.17) is 9.47 Å². The minimum absolute atomic E-state index is 0.109. The van der Waals surface area contributed by atoms with Crippen LogP contribution >= 0.6 is 7.26 Å². The molecular formula is C26H38O2P+. The molecule has 3 heteroatoms. The first kappa shape index (κ1) is 22.2. The molecule has 0 aromatic heterocycles. The summed E-state index contributed by atoms with van der Waals surface area (Å²) in [6.45, 7) is 21.3. The van der Waals surface area contributed by atoms with E-state index in [2.05, 4.69) is 98.7 Å². The predicted molar refractivity (Wildman–Crippen MR) is 128 cm³/mol. The fraction of sp³-hybridized carbons (Fsp3) is 0.538. The average molecular weight is 414 g/mol. The highest BCUT2D eigenvalue weighted by atomic mass is 31.2. The van der Waals surface area contributed by atoms with Gasteiger partial charge >= 0.3 is 0 Å². The third kappa shape index (κ3) is 3.19. The van der Waals surface area contributed by atoms with Crippen molar-refractivity contribution in [2.75, 3.05) is 7.11 Å². The topological polar surface area (TPSA) is 18.5 Å². The largest absolute Gasteiger partial charge is 0.496 e. The number of aryl methyl sites for hydroxylation is 1. The van der Waals surface area contributed by atoms with Crippen LogP contribution < -0.4 is 14.8 Å². The molecule has 0 bridgehead atoms. The second kappa shape index (κ2) is 7.31. The molecule has 0 amide bonds. The van der Waals surface area contributed by atoms with Crippen molar-refractivity contribution < 1.29 is 9.47 Å². The summed E-state index contributed by atoms with van der Waals surface area (Å²) in [5.74, 6) is 2.67. The van der Waals surface area contributed by atoms with Gasteiger partial charge in [0.05, 0.1) is 17.4 Å². The number of benzene rings is 2. The van der Waals surface area contributed by atoms with E-state index < -0.39 is 7.26 Å². The molecule has 0 spiro atoms. The number of ether oxygens (including phenoxy) is 2. The Kier molecular flexibility index (Phi) is 5.59. The van der Waals surface area contributed by atoms with Gasteiger partial charge in [0.25, 0.3) is 0 Å². The lowest BCUT2D eigenvalue weighted by Gasteiger charge is -2.47. The maximum Gasteiger partial charge on any atom is 0.214 e. The zero-order valence-electron chi connectivity index (χ0n) is 19.9. The highest BCUT2D eigenvalue weighted by Gasteiger charge is 2.71. The van der Waals surface area contributed by atoms with Crippen LogP contribution in [0.5, 0.6) is 11.5 Å². The summed E-state index contributed by atoms with van der Waals surface area (Å²) < 4.78 is 12.6. The standard InChI is InChI=1S/C26H38O2P/c1-17(2)24-28-21-16-12-14-19(22-18(3)13-11-15-20(22)27-10)23(21)29(24,25(4,5)6)26(7,8)9/h11-17,24H,1-10H3/q+1. The zero-order chi connectivity index (χ0) is 21.8. The third-order valence-electron chi connectivity index (χ3n) is 6.39. The van der Waals surface area contributed by atoms with E-state index >= 15 is 0 Å². The Morgan fingerprint density at radius 2 is 1.52 bits per heavy atom. The van der Waals surface area contributed by atoms with E-state index in [1.54, 1.807) is 7.11 Å². The van der Waals surface area contributed by atoms with Crippen molar-refractivity contribution in [2.24, 2.45) is 5.92 Å². The molecule has 3 rings (SSSR count). The number of hydrogen-bond acceptors (Lipinski definition) is 2. The maximum atomic E-state index is 6.82. The number of hydrogen-bond donors (Lipinski definition) is 0. The van der Waals surface area contributed by atoms with Crippen molar-refractivity contribution in [3.63, 3.8) is 0 Å². The van der Waals surface area contributed by atoms with Gasteiger partial charge in [-0.3, -0.25) is 0 Å². The third-order valence-corrected chi connectivity index (χ3v) is 13.3. The van der Waals surface area contributed by atoms with Gasteiger partial charge in [-0.1, -0.05) is 32.0 Å². The van der Waals surface area contributed by atoms with Gasteiger partial charge in [0.2, 0.25) is 5.85 Å².